The summed E-state index contributed by atoms with van der Waals surface area (Å²) in [5.41, 5.74) is 4.89. The van der Waals surface area contributed by atoms with Gasteiger partial charge in [-0.25, -0.2) is 0 Å². The molecule has 0 heterocycles. The molecule has 0 bridgehead atoms. The lowest BCUT2D eigenvalue weighted by atomic mass is 10.4. The van der Waals surface area contributed by atoms with Crippen molar-refractivity contribution in [1.29, 1.82) is 0 Å². The molecule has 2 N–H and O–H groups in total. The second-order valence-corrected chi connectivity index (χ2v) is 2.15. The zero-order valence-corrected chi connectivity index (χ0v) is 6.54. The summed E-state index contributed by atoms with van der Waals surface area (Å²) >= 11 is 0. The van der Waals surface area contributed by atoms with E-state index in [0.717, 1.165) is 0 Å². The highest BCUT2D eigenvalue weighted by Gasteiger charge is 2.08. The number of primary amides is 1. The number of hydrogen-bond acceptors (Lipinski definition) is 2. The predicted octanol–water partition coefficient (Wildman–Crippen LogP) is -0.494. The van der Waals surface area contributed by atoms with Crippen LogP contribution in [0.5, 0.6) is 0 Å². The summed E-state index contributed by atoms with van der Waals surface area (Å²) in [5.74, 6) is -0.689. The number of nitrogens with two attached hydrogens (primary N) is 1. The van der Waals surface area contributed by atoms with Crippen molar-refractivity contribution in [3.8, 4) is 0 Å². The van der Waals surface area contributed by atoms with Gasteiger partial charge in [0.15, 0.2) is 0 Å². The van der Waals surface area contributed by atoms with Crippen LogP contribution in [-0.2, 0) is 9.59 Å². The fourth-order valence-corrected chi connectivity index (χ4v) is 0.648. The Hall–Kier alpha value is -1.32. The van der Waals surface area contributed by atoms with Gasteiger partial charge >= 0.3 is 0 Å². The van der Waals surface area contributed by atoms with Crippen LogP contribution in [0.25, 0.3) is 0 Å². The quantitative estimate of drug-likeness (QED) is 0.558. The molecular formula is C7H12N2O2. The van der Waals surface area contributed by atoms with Crippen LogP contribution < -0.4 is 5.73 Å². The predicted molar refractivity (Wildman–Crippen MR) is 41.6 cm³/mol. The number of amides is 2. The fourth-order valence-electron chi connectivity index (χ4n) is 0.648. The molecule has 0 unspecified atom stereocenters. The molecule has 4 heteroatoms. The third kappa shape index (κ3) is 4.13. The Morgan fingerprint density at radius 1 is 1.64 bits per heavy atom. The maximum Gasteiger partial charge on any atom is 0.237 e. The molecule has 11 heavy (non-hydrogen) atoms. The summed E-state index contributed by atoms with van der Waals surface area (Å²) in [7, 11) is 0. The Morgan fingerprint density at radius 3 is 2.45 bits per heavy atom. The smallest absolute Gasteiger partial charge is 0.237 e. The van der Waals surface area contributed by atoms with E-state index in [1.54, 1.807) is 6.08 Å². The average Bonchev–Trinajstić information content (AvgIpc) is 1.86. The van der Waals surface area contributed by atoms with Gasteiger partial charge in [0.2, 0.25) is 11.8 Å². The van der Waals surface area contributed by atoms with E-state index < -0.39 is 5.91 Å². The van der Waals surface area contributed by atoms with Crippen molar-refractivity contribution in [3.05, 3.63) is 12.7 Å². The van der Waals surface area contributed by atoms with Crippen molar-refractivity contribution in [1.82, 2.24) is 4.90 Å². The van der Waals surface area contributed by atoms with Gasteiger partial charge in [-0.1, -0.05) is 6.08 Å². The zero-order chi connectivity index (χ0) is 8.85. The minimum Gasteiger partial charge on any atom is -0.368 e. The van der Waals surface area contributed by atoms with Crippen LogP contribution in [0.1, 0.15) is 6.92 Å². The van der Waals surface area contributed by atoms with Gasteiger partial charge in [0.1, 0.15) is 0 Å². The standard InChI is InChI=1S/C7H12N2O2/c1-3-4-9(6(2)10)5-7(8)11/h3H,1,4-5H2,2H3,(H2,8,11). The maximum absolute atomic E-state index is 10.7. The first kappa shape index (κ1) is 9.68. The van der Waals surface area contributed by atoms with Gasteiger partial charge < -0.3 is 10.6 Å². The molecule has 0 atom stereocenters. The number of nitrogens with zero attached hydrogens (tertiary/aromatic N) is 1. The van der Waals surface area contributed by atoms with Gasteiger partial charge in [-0.3, -0.25) is 9.59 Å². The Balaban J connectivity index is 3.99. The summed E-state index contributed by atoms with van der Waals surface area (Å²) in [6.45, 7) is 5.14. The Bertz CT molecular complexity index is 177. The molecule has 0 fully saturated rings. The molecule has 0 aromatic heterocycles. The SMILES string of the molecule is C=CCN(CC(N)=O)C(C)=O. The van der Waals surface area contributed by atoms with Crippen LogP contribution in [0, 0.1) is 0 Å². The zero-order valence-electron chi connectivity index (χ0n) is 6.54. The molecule has 0 radical (unpaired) electrons. The molecule has 4 nitrogen and oxygen atoms in total. The van der Waals surface area contributed by atoms with E-state index in [4.69, 9.17) is 5.73 Å². The second kappa shape index (κ2) is 4.49. The lowest BCUT2D eigenvalue weighted by Gasteiger charge is -2.16. The van der Waals surface area contributed by atoms with E-state index in [9.17, 15) is 9.59 Å². The van der Waals surface area contributed by atoms with Crippen molar-refractivity contribution >= 4 is 11.8 Å². The number of hydrogen-bond donors (Lipinski definition) is 1. The molecule has 0 aromatic rings. The van der Waals surface area contributed by atoms with Gasteiger partial charge in [0, 0.05) is 13.5 Å². The van der Waals surface area contributed by atoms with E-state index in [-0.39, 0.29) is 12.5 Å². The molecule has 0 aliphatic carbocycles. The van der Waals surface area contributed by atoms with E-state index >= 15 is 0 Å². The fraction of sp³-hybridized carbons (Fsp3) is 0.429. The molecule has 0 saturated carbocycles. The van der Waals surface area contributed by atoms with Crippen molar-refractivity contribution in [2.75, 3.05) is 13.1 Å². The summed E-state index contributed by atoms with van der Waals surface area (Å²) in [6.07, 6.45) is 1.55. The lowest BCUT2D eigenvalue weighted by Crippen LogP contribution is -2.37. The first-order valence-electron chi connectivity index (χ1n) is 3.22. The molecule has 62 valence electrons. The van der Waals surface area contributed by atoms with E-state index in [1.165, 1.54) is 11.8 Å². The van der Waals surface area contributed by atoms with Crippen molar-refractivity contribution in [3.63, 3.8) is 0 Å². The Kier molecular flexibility index (Phi) is 3.95. The average molecular weight is 156 g/mol. The van der Waals surface area contributed by atoms with Crippen LogP contribution in [0.2, 0.25) is 0 Å². The van der Waals surface area contributed by atoms with E-state index in [2.05, 4.69) is 6.58 Å². The van der Waals surface area contributed by atoms with Gasteiger partial charge in [-0.05, 0) is 0 Å². The van der Waals surface area contributed by atoms with Crippen molar-refractivity contribution in [2.24, 2.45) is 5.73 Å². The topological polar surface area (TPSA) is 63.4 Å². The first-order valence-corrected chi connectivity index (χ1v) is 3.22. The number of carbonyl (C=O) groups is 2. The highest BCUT2D eigenvalue weighted by molar-refractivity contribution is 5.82. The highest BCUT2D eigenvalue weighted by Crippen LogP contribution is 1.87. The molecule has 0 saturated heterocycles. The Labute approximate surface area is 65.7 Å². The molecule has 0 aromatic carbocycles. The van der Waals surface area contributed by atoms with Crippen LogP contribution >= 0.6 is 0 Å². The summed E-state index contributed by atoms with van der Waals surface area (Å²) in [5, 5.41) is 0. The minimum absolute atomic E-state index is 0.0403. The van der Waals surface area contributed by atoms with Gasteiger partial charge in [-0.2, -0.15) is 0 Å². The van der Waals surface area contributed by atoms with Crippen molar-refractivity contribution < 1.29 is 9.59 Å². The summed E-state index contributed by atoms with van der Waals surface area (Å²) in [6, 6.07) is 0. The number of rotatable bonds is 4. The molecule has 0 aliphatic rings. The van der Waals surface area contributed by atoms with Gasteiger partial charge in [-0.15, -0.1) is 6.58 Å². The molecule has 2 amide bonds. The largest absolute Gasteiger partial charge is 0.368 e. The van der Waals surface area contributed by atoms with Crippen LogP contribution in [0.3, 0.4) is 0 Å². The minimum atomic E-state index is -0.512. The van der Waals surface area contributed by atoms with Crippen molar-refractivity contribution in [2.45, 2.75) is 6.92 Å². The third-order valence-corrected chi connectivity index (χ3v) is 1.14. The van der Waals surface area contributed by atoms with Crippen LogP contribution in [0.4, 0.5) is 0 Å². The van der Waals surface area contributed by atoms with E-state index in [0.29, 0.717) is 6.54 Å². The summed E-state index contributed by atoms with van der Waals surface area (Å²) < 4.78 is 0. The first-order chi connectivity index (χ1) is 5.07. The molecular weight excluding hydrogens is 144 g/mol. The third-order valence-electron chi connectivity index (χ3n) is 1.14. The Morgan fingerprint density at radius 2 is 2.18 bits per heavy atom. The van der Waals surface area contributed by atoms with Gasteiger partial charge in [0.25, 0.3) is 0 Å². The monoisotopic (exact) mass is 156 g/mol. The van der Waals surface area contributed by atoms with Crippen LogP contribution in [0.15, 0.2) is 12.7 Å². The van der Waals surface area contributed by atoms with E-state index in [1.807, 2.05) is 0 Å². The number of carbonyl (C=O) groups excluding carboxylic acids is 2. The molecule has 0 spiro atoms. The molecule has 0 aliphatic heterocycles. The lowest BCUT2D eigenvalue weighted by molar-refractivity contribution is -0.132. The second-order valence-electron chi connectivity index (χ2n) is 2.15. The highest BCUT2D eigenvalue weighted by atomic mass is 16.2. The molecule has 0 rings (SSSR count). The normalized spacial score (nSPS) is 8.82. The summed E-state index contributed by atoms with van der Waals surface area (Å²) in [4.78, 5) is 22.4. The van der Waals surface area contributed by atoms with Crippen LogP contribution in [-0.4, -0.2) is 29.8 Å². The van der Waals surface area contributed by atoms with Gasteiger partial charge in [0.05, 0.1) is 6.54 Å². The maximum atomic E-state index is 10.7.